The number of hydrogen-bond donors (Lipinski definition) is 0. The highest BCUT2D eigenvalue weighted by molar-refractivity contribution is 5.81. The molecule has 1 unspecified atom stereocenters. The van der Waals surface area contributed by atoms with Crippen molar-refractivity contribution >= 4 is 5.78 Å². The first-order valence-corrected chi connectivity index (χ1v) is 3.14. The van der Waals surface area contributed by atoms with Gasteiger partial charge in [0.05, 0.1) is 6.04 Å². The third kappa shape index (κ3) is 1.27. The second-order valence-electron chi connectivity index (χ2n) is 2.39. The molecule has 0 aromatic carbocycles. The van der Waals surface area contributed by atoms with Crippen LogP contribution < -0.4 is 0 Å². The highest BCUT2D eigenvalue weighted by Gasteiger charge is 2.27. The number of nitrogens with zero attached hydrogens (tertiary/aromatic N) is 1. The fraction of sp³-hybridized carbons (Fsp3) is 0.833. The largest absolute Gasteiger partial charge is 0.298 e. The molecule has 1 saturated heterocycles. The Kier molecular flexibility index (Phi) is 1.81. The van der Waals surface area contributed by atoms with Crippen LogP contribution in [0.25, 0.3) is 0 Å². The molecule has 2 nitrogen and oxygen atoms in total. The zero-order valence-electron chi connectivity index (χ0n) is 5.43. The molecule has 1 atom stereocenters. The van der Waals surface area contributed by atoms with Gasteiger partial charge in [-0.1, -0.05) is 0 Å². The van der Waals surface area contributed by atoms with E-state index in [-0.39, 0.29) is 5.78 Å². The summed E-state index contributed by atoms with van der Waals surface area (Å²) in [5.74, 6) is -0.0602. The number of hydrogen-bond acceptors (Lipinski definition) is 2. The molecule has 1 fully saturated rings. The molecule has 1 aliphatic heterocycles. The first-order valence-electron chi connectivity index (χ1n) is 3.14. The number of carbonyl (C=O) groups excluding carboxylic acids is 1. The summed E-state index contributed by atoms with van der Waals surface area (Å²) in [7, 11) is 0. The summed E-state index contributed by atoms with van der Waals surface area (Å²) in [5.41, 5.74) is 0. The van der Waals surface area contributed by atoms with Crippen LogP contribution in [0.4, 0.5) is 4.48 Å². The summed E-state index contributed by atoms with van der Waals surface area (Å²) in [6.45, 7) is 1.85. The normalized spacial score (nSPS) is 28.9. The van der Waals surface area contributed by atoms with Gasteiger partial charge in [0.2, 0.25) is 0 Å². The zero-order valence-corrected chi connectivity index (χ0v) is 5.43. The van der Waals surface area contributed by atoms with Gasteiger partial charge in [0.15, 0.2) is 0 Å². The number of ketones is 1. The standard InChI is InChI=1S/C6H10FNO/c1-5(9)6-3-2-4-8(6)7/h6H,2-4H2,1H3. The molecule has 1 rings (SSSR count). The Balaban J connectivity index is 2.49. The van der Waals surface area contributed by atoms with Crippen LogP contribution in [-0.4, -0.2) is 23.5 Å². The van der Waals surface area contributed by atoms with E-state index in [1.165, 1.54) is 6.92 Å². The van der Waals surface area contributed by atoms with Crippen LogP contribution >= 0.6 is 0 Å². The quantitative estimate of drug-likeness (QED) is 0.493. The summed E-state index contributed by atoms with van der Waals surface area (Å²) >= 11 is 0. The molecule has 0 spiro atoms. The fourth-order valence-electron chi connectivity index (χ4n) is 1.13. The van der Waals surface area contributed by atoms with E-state index in [4.69, 9.17) is 0 Å². The molecule has 1 aliphatic rings. The molecule has 0 N–H and O–H groups in total. The van der Waals surface area contributed by atoms with E-state index in [2.05, 4.69) is 0 Å². The Morgan fingerprint density at radius 2 is 2.44 bits per heavy atom. The van der Waals surface area contributed by atoms with Crippen LogP contribution in [0.1, 0.15) is 19.8 Å². The topological polar surface area (TPSA) is 20.3 Å². The molecule has 0 radical (unpaired) electrons. The lowest BCUT2D eigenvalue weighted by atomic mass is 10.2. The molecule has 0 bridgehead atoms. The van der Waals surface area contributed by atoms with Crippen molar-refractivity contribution in [3.63, 3.8) is 0 Å². The molecule has 0 saturated carbocycles. The van der Waals surface area contributed by atoms with Gasteiger partial charge in [0, 0.05) is 6.54 Å². The van der Waals surface area contributed by atoms with Gasteiger partial charge in [-0.05, 0) is 19.8 Å². The molecule has 0 aromatic heterocycles. The minimum absolute atomic E-state index is 0.0602. The van der Waals surface area contributed by atoms with Crippen molar-refractivity contribution in [2.45, 2.75) is 25.8 Å². The highest BCUT2D eigenvalue weighted by atomic mass is 19.2. The van der Waals surface area contributed by atoms with E-state index in [1.54, 1.807) is 0 Å². The van der Waals surface area contributed by atoms with E-state index in [0.717, 1.165) is 6.42 Å². The number of rotatable bonds is 1. The first-order chi connectivity index (χ1) is 4.22. The van der Waals surface area contributed by atoms with Crippen molar-refractivity contribution in [2.75, 3.05) is 6.54 Å². The maximum atomic E-state index is 12.5. The molecular weight excluding hydrogens is 121 g/mol. The van der Waals surface area contributed by atoms with E-state index in [0.29, 0.717) is 18.1 Å². The Morgan fingerprint density at radius 3 is 2.67 bits per heavy atom. The zero-order chi connectivity index (χ0) is 6.85. The first kappa shape index (κ1) is 6.68. The summed E-state index contributed by atoms with van der Waals surface area (Å²) in [6.07, 6.45) is 1.49. The van der Waals surface area contributed by atoms with E-state index in [1.807, 2.05) is 0 Å². The van der Waals surface area contributed by atoms with Crippen molar-refractivity contribution in [1.29, 1.82) is 0 Å². The Morgan fingerprint density at radius 1 is 1.78 bits per heavy atom. The molecule has 9 heavy (non-hydrogen) atoms. The van der Waals surface area contributed by atoms with Crippen molar-refractivity contribution < 1.29 is 9.28 Å². The third-order valence-corrected chi connectivity index (χ3v) is 1.66. The predicted molar refractivity (Wildman–Crippen MR) is 31.5 cm³/mol. The van der Waals surface area contributed by atoms with Gasteiger partial charge in [-0.2, -0.15) is 0 Å². The second kappa shape index (κ2) is 2.43. The summed E-state index contributed by atoms with van der Waals surface area (Å²) in [6, 6.07) is -0.440. The van der Waals surface area contributed by atoms with Crippen LogP contribution in [0.2, 0.25) is 0 Å². The van der Waals surface area contributed by atoms with Gasteiger partial charge in [0.25, 0.3) is 0 Å². The lowest BCUT2D eigenvalue weighted by Gasteiger charge is -2.09. The van der Waals surface area contributed by atoms with Crippen LogP contribution in [0.5, 0.6) is 0 Å². The van der Waals surface area contributed by atoms with Gasteiger partial charge < -0.3 is 0 Å². The van der Waals surface area contributed by atoms with Crippen LogP contribution in [0.3, 0.4) is 0 Å². The molecule has 52 valence electrons. The maximum absolute atomic E-state index is 12.5. The Labute approximate surface area is 53.6 Å². The van der Waals surface area contributed by atoms with Gasteiger partial charge in [-0.25, -0.2) is 0 Å². The monoisotopic (exact) mass is 131 g/mol. The van der Waals surface area contributed by atoms with E-state index >= 15 is 0 Å². The van der Waals surface area contributed by atoms with Crippen molar-refractivity contribution in [2.24, 2.45) is 0 Å². The SMILES string of the molecule is CC(=O)C1CCCN1F. The van der Waals surface area contributed by atoms with Crippen LogP contribution in [0, 0.1) is 0 Å². The molecule has 0 aliphatic carbocycles. The fourth-order valence-corrected chi connectivity index (χ4v) is 1.13. The van der Waals surface area contributed by atoms with E-state index < -0.39 is 6.04 Å². The Hall–Kier alpha value is -0.440. The molecule has 0 aromatic rings. The molecule has 0 amide bonds. The van der Waals surface area contributed by atoms with Gasteiger partial charge in [-0.15, -0.1) is 9.60 Å². The minimum atomic E-state index is -0.440. The Bertz CT molecular complexity index is 126. The lowest BCUT2D eigenvalue weighted by molar-refractivity contribution is -0.126. The van der Waals surface area contributed by atoms with Crippen LogP contribution in [0.15, 0.2) is 0 Å². The summed E-state index contributed by atoms with van der Waals surface area (Å²) in [5, 5.41) is 0.627. The average molecular weight is 131 g/mol. The minimum Gasteiger partial charge on any atom is -0.298 e. The second-order valence-corrected chi connectivity index (χ2v) is 2.39. The predicted octanol–water partition coefficient (Wildman–Crippen LogP) is 0.924. The highest BCUT2D eigenvalue weighted by Crippen LogP contribution is 2.17. The number of carbonyl (C=O) groups is 1. The van der Waals surface area contributed by atoms with Crippen LogP contribution in [-0.2, 0) is 4.79 Å². The van der Waals surface area contributed by atoms with Crippen molar-refractivity contribution in [3.8, 4) is 0 Å². The smallest absolute Gasteiger partial charge is 0.149 e. The van der Waals surface area contributed by atoms with Gasteiger partial charge in [0.1, 0.15) is 5.78 Å². The van der Waals surface area contributed by atoms with Gasteiger partial charge >= 0.3 is 0 Å². The summed E-state index contributed by atoms with van der Waals surface area (Å²) < 4.78 is 12.5. The third-order valence-electron chi connectivity index (χ3n) is 1.66. The average Bonchev–Trinajstić information content (AvgIpc) is 2.13. The number of halogens is 1. The summed E-state index contributed by atoms with van der Waals surface area (Å²) in [4.78, 5) is 10.6. The van der Waals surface area contributed by atoms with Crippen molar-refractivity contribution in [3.05, 3.63) is 0 Å². The molecular formula is C6H10FNO. The maximum Gasteiger partial charge on any atom is 0.149 e. The lowest BCUT2D eigenvalue weighted by Crippen LogP contribution is -2.27. The van der Waals surface area contributed by atoms with E-state index in [9.17, 15) is 9.28 Å². The van der Waals surface area contributed by atoms with Crippen molar-refractivity contribution in [1.82, 2.24) is 5.12 Å². The number of Topliss-reactive ketones (excluding diaryl/α,β-unsaturated/α-hetero) is 1. The molecule has 1 heterocycles. The van der Waals surface area contributed by atoms with Gasteiger partial charge in [-0.3, -0.25) is 4.79 Å². The molecule has 3 heteroatoms.